The maximum absolute atomic E-state index is 12.7. The molecule has 25 heavy (non-hydrogen) atoms. The first-order chi connectivity index (χ1) is 12.3. The SMILES string of the molecule is O=C(NC1CC(Oc2cccnc2)C1)C1CNCC1c1ccccc1. The molecular formula is C20H23N3O2. The summed E-state index contributed by atoms with van der Waals surface area (Å²) in [6.07, 6.45) is 5.34. The van der Waals surface area contributed by atoms with Gasteiger partial charge in [0.2, 0.25) is 5.91 Å². The molecule has 1 aromatic carbocycles. The third-order valence-corrected chi connectivity index (χ3v) is 5.16. The van der Waals surface area contributed by atoms with Gasteiger partial charge in [0, 0.05) is 44.1 Å². The number of carbonyl (C=O) groups is 1. The Morgan fingerprint density at radius 1 is 1.12 bits per heavy atom. The predicted molar refractivity (Wildman–Crippen MR) is 95.4 cm³/mol. The van der Waals surface area contributed by atoms with Gasteiger partial charge in [-0.2, -0.15) is 0 Å². The number of hydrogen-bond donors (Lipinski definition) is 2. The zero-order chi connectivity index (χ0) is 17.1. The Labute approximate surface area is 147 Å². The number of carbonyl (C=O) groups excluding carboxylic acids is 1. The number of nitrogens with zero attached hydrogens (tertiary/aromatic N) is 1. The first-order valence-corrected chi connectivity index (χ1v) is 8.92. The molecule has 2 aliphatic rings. The van der Waals surface area contributed by atoms with Crippen LogP contribution in [0.15, 0.2) is 54.9 Å². The second kappa shape index (κ2) is 7.23. The second-order valence-electron chi connectivity index (χ2n) is 6.89. The minimum atomic E-state index is 0.000640. The van der Waals surface area contributed by atoms with Crippen LogP contribution in [0.3, 0.4) is 0 Å². The topological polar surface area (TPSA) is 63.2 Å². The Morgan fingerprint density at radius 2 is 1.96 bits per heavy atom. The molecule has 5 nitrogen and oxygen atoms in total. The number of rotatable bonds is 5. The summed E-state index contributed by atoms with van der Waals surface area (Å²) in [6.45, 7) is 1.60. The second-order valence-corrected chi connectivity index (χ2v) is 6.89. The summed E-state index contributed by atoms with van der Waals surface area (Å²) in [5.74, 6) is 1.20. The summed E-state index contributed by atoms with van der Waals surface area (Å²) in [5.41, 5.74) is 1.24. The Kier molecular flexibility index (Phi) is 4.65. The van der Waals surface area contributed by atoms with E-state index in [-0.39, 0.29) is 29.9 Å². The van der Waals surface area contributed by atoms with Crippen molar-refractivity contribution in [2.24, 2.45) is 5.92 Å². The molecule has 130 valence electrons. The number of pyridine rings is 1. The van der Waals surface area contributed by atoms with Gasteiger partial charge < -0.3 is 15.4 Å². The number of benzene rings is 1. The van der Waals surface area contributed by atoms with E-state index in [0.717, 1.165) is 31.7 Å². The van der Waals surface area contributed by atoms with Crippen LogP contribution in [0.4, 0.5) is 0 Å². The van der Waals surface area contributed by atoms with Gasteiger partial charge in [0.25, 0.3) is 0 Å². The van der Waals surface area contributed by atoms with Crippen LogP contribution in [0.5, 0.6) is 5.75 Å². The molecule has 1 saturated heterocycles. The van der Waals surface area contributed by atoms with Gasteiger partial charge in [-0.1, -0.05) is 30.3 Å². The molecular weight excluding hydrogens is 314 g/mol. The highest BCUT2D eigenvalue weighted by Crippen LogP contribution is 2.30. The average Bonchev–Trinajstić information content (AvgIpc) is 3.11. The standard InChI is InChI=1S/C20H23N3O2/c24-20(19-13-22-12-18(19)14-5-2-1-3-6-14)23-15-9-17(10-15)25-16-7-4-8-21-11-16/h1-8,11,15,17-19,22H,9-10,12-13H2,(H,23,24). The van der Waals surface area contributed by atoms with Crippen LogP contribution in [0, 0.1) is 5.92 Å². The van der Waals surface area contributed by atoms with Crippen LogP contribution in [-0.2, 0) is 4.79 Å². The fourth-order valence-electron chi connectivity index (χ4n) is 3.70. The molecule has 2 heterocycles. The zero-order valence-electron chi connectivity index (χ0n) is 14.1. The molecule has 2 atom stereocenters. The van der Waals surface area contributed by atoms with Gasteiger partial charge in [0.05, 0.1) is 12.1 Å². The normalized spacial score (nSPS) is 28.2. The molecule has 4 rings (SSSR count). The first kappa shape index (κ1) is 16.1. The molecule has 1 aromatic heterocycles. The number of hydrogen-bond acceptors (Lipinski definition) is 4. The van der Waals surface area contributed by atoms with Crippen molar-refractivity contribution in [2.75, 3.05) is 13.1 Å². The van der Waals surface area contributed by atoms with Gasteiger partial charge in [-0.25, -0.2) is 0 Å². The van der Waals surface area contributed by atoms with Crippen molar-refractivity contribution < 1.29 is 9.53 Å². The van der Waals surface area contributed by atoms with Gasteiger partial charge in [0.1, 0.15) is 11.9 Å². The zero-order valence-corrected chi connectivity index (χ0v) is 14.1. The third kappa shape index (κ3) is 3.66. The molecule has 2 fully saturated rings. The van der Waals surface area contributed by atoms with Gasteiger partial charge in [-0.15, -0.1) is 0 Å². The van der Waals surface area contributed by atoms with Crippen LogP contribution in [-0.4, -0.2) is 36.1 Å². The summed E-state index contributed by atoms with van der Waals surface area (Å²) in [7, 11) is 0. The van der Waals surface area contributed by atoms with E-state index in [2.05, 4.69) is 27.8 Å². The van der Waals surface area contributed by atoms with Crippen molar-refractivity contribution >= 4 is 5.91 Å². The maximum Gasteiger partial charge on any atom is 0.225 e. The van der Waals surface area contributed by atoms with Crippen LogP contribution < -0.4 is 15.4 Å². The van der Waals surface area contributed by atoms with Gasteiger partial charge in [-0.05, 0) is 17.7 Å². The van der Waals surface area contributed by atoms with Crippen LogP contribution >= 0.6 is 0 Å². The predicted octanol–water partition coefficient (Wildman–Crippen LogP) is 2.11. The highest BCUT2D eigenvalue weighted by molar-refractivity contribution is 5.81. The molecule has 0 radical (unpaired) electrons. The van der Waals surface area contributed by atoms with E-state index >= 15 is 0 Å². The molecule has 1 amide bonds. The minimum Gasteiger partial charge on any atom is -0.489 e. The lowest BCUT2D eigenvalue weighted by Crippen LogP contribution is -2.51. The van der Waals surface area contributed by atoms with E-state index in [1.54, 1.807) is 12.4 Å². The molecule has 2 aromatic rings. The Hall–Kier alpha value is -2.40. The number of nitrogens with one attached hydrogen (secondary N) is 2. The molecule has 1 saturated carbocycles. The van der Waals surface area contributed by atoms with Gasteiger partial charge in [0.15, 0.2) is 0 Å². The van der Waals surface area contributed by atoms with E-state index in [1.165, 1.54) is 5.56 Å². The van der Waals surface area contributed by atoms with Crippen molar-refractivity contribution in [3.63, 3.8) is 0 Å². The largest absolute Gasteiger partial charge is 0.489 e. The summed E-state index contributed by atoms with van der Waals surface area (Å²) >= 11 is 0. The summed E-state index contributed by atoms with van der Waals surface area (Å²) in [6, 6.07) is 14.3. The number of ether oxygens (including phenoxy) is 1. The van der Waals surface area contributed by atoms with Crippen LogP contribution in [0.1, 0.15) is 24.3 Å². The van der Waals surface area contributed by atoms with E-state index in [0.29, 0.717) is 0 Å². The first-order valence-electron chi connectivity index (χ1n) is 8.92. The van der Waals surface area contributed by atoms with Crippen molar-refractivity contribution in [1.82, 2.24) is 15.6 Å². The van der Waals surface area contributed by atoms with Crippen molar-refractivity contribution in [3.05, 3.63) is 60.4 Å². The minimum absolute atomic E-state index is 0.000640. The number of amides is 1. The highest BCUT2D eigenvalue weighted by Gasteiger charge is 2.38. The molecule has 2 unspecified atom stereocenters. The average molecular weight is 337 g/mol. The lowest BCUT2D eigenvalue weighted by Gasteiger charge is -2.36. The van der Waals surface area contributed by atoms with Crippen LogP contribution in [0.25, 0.3) is 0 Å². The summed E-state index contributed by atoms with van der Waals surface area (Å²) < 4.78 is 5.85. The van der Waals surface area contributed by atoms with E-state index in [1.807, 2.05) is 30.3 Å². The fraction of sp³-hybridized carbons (Fsp3) is 0.400. The quantitative estimate of drug-likeness (QED) is 0.877. The van der Waals surface area contributed by atoms with E-state index < -0.39 is 0 Å². The Morgan fingerprint density at radius 3 is 2.72 bits per heavy atom. The number of aromatic nitrogens is 1. The lowest BCUT2D eigenvalue weighted by molar-refractivity contribution is -0.126. The molecule has 0 bridgehead atoms. The molecule has 1 aliphatic heterocycles. The smallest absolute Gasteiger partial charge is 0.225 e. The van der Waals surface area contributed by atoms with Crippen molar-refractivity contribution in [2.45, 2.75) is 30.9 Å². The molecule has 1 aliphatic carbocycles. The summed E-state index contributed by atoms with van der Waals surface area (Å²) in [5, 5.41) is 6.56. The highest BCUT2D eigenvalue weighted by atomic mass is 16.5. The third-order valence-electron chi connectivity index (χ3n) is 5.16. The summed E-state index contributed by atoms with van der Waals surface area (Å²) in [4.78, 5) is 16.7. The fourth-order valence-corrected chi connectivity index (χ4v) is 3.70. The lowest BCUT2D eigenvalue weighted by atomic mass is 9.85. The molecule has 2 N–H and O–H groups in total. The Bertz CT molecular complexity index is 701. The van der Waals surface area contributed by atoms with Crippen molar-refractivity contribution in [3.8, 4) is 5.75 Å². The van der Waals surface area contributed by atoms with Crippen LogP contribution in [0.2, 0.25) is 0 Å². The van der Waals surface area contributed by atoms with E-state index in [4.69, 9.17) is 4.74 Å². The molecule has 5 heteroatoms. The van der Waals surface area contributed by atoms with E-state index in [9.17, 15) is 4.79 Å². The van der Waals surface area contributed by atoms with Gasteiger partial charge >= 0.3 is 0 Å². The Balaban J connectivity index is 1.28. The van der Waals surface area contributed by atoms with Gasteiger partial charge in [-0.3, -0.25) is 9.78 Å². The molecule has 0 spiro atoms. The monoisotopic (exact) mass is 337 g/mol. The maximum atomic E-state index is 12.7. The van der Waals surface area contributed by atoms with Crippen molar-refractivity contribution in [1.29, 1.82) is 0 Å².